The van der Waals surface area contributed by atoms with Crippen molar-refractivity contribution < 1.29 is 4.74 Å². The number of hydrogen-bond donors (Lipinski definition) is 1. The molecule has 0 radical (unpaired) electrons. The highest BCUT2D eigenvalue weighted by molar-refractivity contribution is 7.11. The maximum Gasteiger partial charge on any atom is 0.125 e. The van der Waals surface area contributed by atoms with Crippen molar-refractivity contribution in [3.05, 3.63) is 15.6 Å². The first kappa shape index (κ1) is 12.6. The molecule has 18 heavy (non-hydrogen) atoms. The summed E-state index contributed by atoms with van der Waals surface area (Å²) >= 11 is 1.86. The van der Waals surface area contributed by atoms with Crippen LogP contribution in [0, 0.1) is 0 Å². The van der Waals surface area contributed by atoms with E-state index in [0.29, 0.717) is 0 Å². The fourth-order valence-corrected chi connectivity index (χ4v) is 3.85. The highest BCUT2D eigenvalue weighted by atomic mass is 32.1. The third-order valence-electron chi connectivity index (χ3n) is 4.18. The van der Waals surface area contributed by atoms with Gasteiger partial charge in [-0.2, -0.15) is 0 Å². The highest BCUT2D eigenvalue weighted by Crippen LogP contribution is 2.46. The lowest BCUT2D eigenvalue weighted by Crippen LogP contribution is -2.35. The number of rotatable bonds is 6. The van der Waals surface area contributed by atoms with Crippen molar-refractivity contribution >= 4 is 11.3 Å². The Morgan fingerprint density at radius 2 is 2.22 bits per heavy atom. The fourth-order valence-electron chi connectivity index (χ4n) is 2.52. The Kier molecular flexibility index (Phi) is 3.43. The molecule has 0 aliphatic heterocycles. The molecule has 0 aromatic carbocycles. The molecule has 0 amide bonds. The number of nitrogens with zero attached hydrogens (tertiary/aromatic N) is 1. The fraction of sp³-hybridized carbons (Fsp3) is 0.786. The summed E-state index contributed by atoms with van der Waals surface area (Å²) < 4.78 is 5.74. The molecule has 3 nitrogen and oxygen atoms in total. The van der Waals surface area contributed by atoms with E-state index in [1.165, 1.54) is 34.8 Å². The maximum atomic E-state index is 5.74. The number of hydrogen-bond acceptors (Lipinski definition) is 4. The number of nitrogens with one attached hydrogen (secondary N) is 1. The Morgan fingerprint density at radius 3 is 2.72 bits per heavy atom. The quantitative estimate of drug-likeness (QED) is 0.859. The van der Waals surface area contributed by atoms with Crippen LogP contribution in [0.2, 0.25) is 0 Å². The van der Waals surface area contributed by atoms with Crippen LogP contribution >= 0.6 is 11.3 Å². The van der Waals surface area contributed by atoms with Gasteiger partial charge in [0, 0.05) is 24.6 Å². The van der Waals surface area contributed by atoms with Gasteiger partial charge in [0.25, 0.3) is 0 Å². The second-order valence-electron chi connectivity index (χ2n) is 5.45. The molecule has 1 heterocycles. The van der Waals surface area contributed by atoms with Crippen molar-refractivity contribution in [3.63, 3.8) is 0 Å². The second-order valence-corrected chi connectivity index (χ2v) is 6.53. The van der Waals surface area contributed by atoms with Crippen LogP contribution in [0.15, 0.2) is 0 Å². The first-order chi connectivity index (χ1) is 8.77. The summed E-state index contributed by atoms with van der Waals surface area (Å²) in [6, 6.07) is 0.764. The number of aryl methyl sites for hydroxylation is 1. The molecule has 2 fully saturated rings. The molecular weight excluding hydrogens is 244 g/mol. The van der Waals surface area contributed by atoms with Crippen LogP contribution in [-0.4, -0.2) is 18.1 Å². The standard InChI is InChI=1S/C14H22N2OS/c1-3-11-12(9-15-10-5-6-10)18-13(16-11)14(17-2)7-4-8-14/h10,15H,3-9H2,1-2H3. The van der Waals surface area contributed by atoms with E-state index in [1.54, 1.807) is 0 Å². The van der Waals surface area contributed by atoms with E-state index in [2.05, 4.69) is 12.2 Å². The Bertz CT molecular complexity index is 416. The molecule has 1 aromatic heterocycles. The van der Waals surface area contributed by atoms with Gasteiger partial charge in [0.2, 0.25) is 0 Å². The van der Waals surface area contributed by atoms with Crippen molar-refractivity contribution in [1.82, 2.24) is 10.3 Å². The summed E-state index contributed by atoms with van der Waals surface area (Å²) in [4.78, 5) is 6.26. The molecule has 0 spiro atoms. The number of aromatic nitrogens is 1. The first-order valence-corrected chi connectivity index (χ1v) is 7.86. The minimum absolute atomic E-state index is 0.0492. The lowest BCUT2D eigenvalue weighted by molar-refractivity contribution is -0.0780. The molecule has 2 aliphatic carbocycles. The van der Waals surface area contributed by atoms with Crippen LogP contribution in [0.25, 0.3) is 0 Å². The molecule has 0 unspecified atom stereocenters. The van der Waals surface area contributed by atoms with Gasteiger partial charge in [-0.1, -0.05) is 6.92 Å². The predicted molar refractivity (Wildman–Crippen MR) is 73.9 cm³/mol. The highest BCUT2D eigenvalue weighted by Gasteiger charge is 2.42. The van der Waals surface area contributed by atoms with Crippen LogP contribution < -0.4 is 5.32 Å². The van der Waals surface area contributed by atoms with E-state index < -0.39 is 0 Å². The normalized spacial score (nSPS) is 21.9. The average molecular weight is 266 g/mol. The predicted octanol–water partition coefficient (Wildman–Crippen LogP) is 2.98. The Balaban J connectivity index is 1.77. The Labute approximate surface area is 113 Å². The third-order valence-corrected chi connectivity index (χ3v) is 5.47. The van der Waals surface area contributed by atoms with E-state index in [0.717, 1.165) is 31.8 Å². The molecule has 4 heteroatoms. The van der Waals surface area contributed by atoms with Crippen LogP contribution in [0.1, 0.15) is 54.6 Å². The van der Waals surface area contributed by atoms with Gasteiger partial charge in [0.05, 0.1) is 5.69 Å². The number of ether oxygens (including phenoxy) is 1. The van der Waals surface area contributed by atoms with Crippen LogP contribution in [0.5, 0.6) is 0 Å². The topological polar surface area (TPSA) is 34.1 Å². The summed E-state index contributed by atoms with van der Waals surface area (Å²) in [5.41, 5.74) is 1.22. The van der Waals surface area contributed by atoms with Gasteiger partial charge in [-0.05, 0) is 38.5 Å². The molecule has 100 valence electrons. The van der Waals surface area contributed by atoms with Crippen molar-refractivity contribution in [2.24, 2.45) is 0 Å². The average Bonchev–Trinajstić information content (AvgIpc) is 3.07. The minimum atomic E-state index is -0.0492. The summed E-state index contributed by atoms with van der Waals surface area (Å²) in [6.45, 7) is 3.19. The van der Waals surface area contributed by atoms with Gasteiger partial charge in [-0.15, -0.1) is 11.3 Å². The third kappa shape index (κ3) is 2.22. The monoisotopic (exact) mass is 266 g/mol. The van der Waals surface area contributed by atoms with Crippen LogP contribution in [0.4, 0.5) is 0 Å². The largest absolute Gasteiger partial charge is 0.371 e. The van der Waals surface area contributed by atoms with Crippen molar-refractivity contribution in [3.8, 4) is 0 Å². The van der Waals surface area contributed by atoms with E-state index in [1.807, 2.05) is 18.4 Å². The van der Waals surface area contributed by atoms with Gasteiger partial charge < -0.3 is 10.1 Å². The summed E-state index contributed by atoms with van der Waals surface area (Å²) in [7, 11) is 1.83. The SMILES string of the molecule is CCc1nc(C2(OC)CCC2)sc1CNC1CC1. The van der Waals surface area contributed by atoms with Crippen molar-refractivity contribution in [2.45, 2.75) is 63.6 Å². The van der Waals surface area contributed by atoms with Crippen molar-refractivity contribution in [1.29, 1.82) is 0 Å². The second kappa shape index (κ2) is 4.91. The molecule has 0 atom stereocenters. The summed E-state index contributed by atoms with van der Waals surface area (Å²) in [5, 5.41) is 4.81. The lowest BCUT2D eigenvalue weighted by atomic mass is 9.80. The summed E-state index contributed by atoms with van der Waals surface area (Å²) in [6.07, 6.45) is 7.25. The molecule has 0 bridgehead atoms. The molecule has 1 aromatic rings. The Hall–Kier alpha value is -0.450. The molecule has 2 aliphatic rings. The van der Waals surface area contributed by atoms with Crippen LogP contribution in [-0.2, 0) is 23.3 Å². The number of thiazole rings is 1. The van der Waals surface area contributed by atoms with E-state index in [4.69, 9.17) is 9.72 Å². The number of methoxy groups -OCH3 is 1. The van der Waals surface area contributed by atoms with E-state index in [-0.39, 0.29) is 5.60 Å². The van der Waals surface area contributed by atoms with Gasteiger partial charge in [-0.25, -0.2) is 4.98 Å². The maximum absolute atomic E-state index is 5.74. The molecule has 0 saturated heterocycles. The molecule has 3 rings (SSSR count). The smallest absolute Gasteiger partial charge is 0.125 e. The van der Waals surface area contributed by atoms with Crippen LogP contribution in [0.3, 0.4) is 0 Å². The lowest BCUT2D eigenvalue weighted by Gasteiger charge is -2.38. The van der Waals surface area contributed by atoms with Gasteiger partial charge in [-0.3, -0.25) is 0 Å². The Morgan fingerprint density at radius 1 is 1.44 bits per heavy atom. The zero-order valence-electron chi connectivity index (χ0n) is 11.3. The van der Waals surface area contributed by atoms with Gasteiger partial charge in [0.1, 0.15) is 10.6 Å². The van der Waals surface area contributed by atoms with Crippen molar-refractivity contribution in [2.75, 3.05) is 7.11 Å². The first-order valence-electron chi connectivity index (χ1n) is 7.05. The molecule has 1 N–H and O–H groups in total. The molecule has 2 saturated carbocycles. The van der Waals surface area contributed by atoms with Gasteiger partial charge >= 0.3 is 0 Å². The van der Waals surface area contributed by atoms with E-state index >= 15 is 0 Å². The van der Waals surface area contributed by atoms with Gasteiger partial charge in [0.15, 0.2) is 0 Å². The zero-order chi connectivity index (χ0) is 12.6. The zero-order valence-corrected chi connectivity index (χ0v) is 12.1. The summed E-state index contributed by atoms with van der Waals surface area (Å²) in [5.74, 6) is 0. The molecular formula is C14H22N2OS. The minimum Gasteiger partial charge on any atom is -0.371 e. The van der Waals surface area contributed by atoms with E-state index in [9.17, 15) is 0 Å².